The van der Waals surface area contributed by atoms with Crippen molar-refractivity contribution in [2.24, 2.45) is 0 Å². The lowest BCUT2D eigenvalue weighted by Gasteiger charge is -2.36. The molecule has 0 radical (unpaired) electrons. The van der Waals surface area contributed by atoms with Crippen molar-refractivity contribution in [2.75, 3.05) is 30.8 Å². The van der Waals surface area contributed by atoms with Crippen molar-refractivity contribution >= 4 is 28.2 Å². The minimum Gasteiger partial charge on any atom is -0.494 e. The van der Waals surface area contributed by atoms with Crippen LogP contribution in [-0.4, -0.2) is 60.3 Å². The molecule has 1 aliphatic heterocycles. The minimum atomic E-state index is -0.614. The van der Waals surface area contributed by atoms with E-state index in [1.807, 2.05) is 17.1 Å². The number of halogens is 1. The van der Waals surface area contributed by atoms with Crippen LogP contribution in [0.2, 0.25) is 0 Å². The van der Waals surface area contributed by atoms with Gasteiger partial charge in [0.1, 0.15) is 0 Å². The Kier molecular flexibility index (Phi) is 4.44. The molecule has 2 aliphatic rings. The van der Waals surface area contributed by atoms with Gasteiger partial charge in [-0.1, -0.05) is 0 Å². The largest absolute Gasteiger partial charge is 0.494 e. The molecule has 6 rings (SSSR count). The summed E-state index contributed by atoms with van der Waals surface area (Å²) in [6, 6.07) is 2.88. The van der Waals surface area contributed by atoms with Gasteiger partial charge in [0, 0.05) is 36.7 Å². The van der Waals surface area contributed by atoms with Crippen molar-refractivity contribution in [3.63, 3.8) is 0 Å². The molecule has 33 heavy (non-hydrogen) atoms. The number of ether oxygens (including phenoxy) is 1. The van der Waals surface area contributed by atoms with Crippen LogP contribution in [0.4, 0.5) is 16.0 Å². The van der Waals surface area contributed by atoms with Gasteiger partial charge >= 0.3 is 0 Å². The maximum atomic E-state index is 14.4. The van der Waals surface area contributed by atoms with Gasteiger partial charge in [-0.05, 0) is 31.7 Å². The Hall–Kier alpha value is -3.47. The number of benzene rings is 1. The third-order valence-electron chi connectivity index (χ3n) is 6.87. The predicted octanol–water partition coefficient (Wildman–Crippen LogP) is 2.11. The van der Waals surface area contributed by atoms with Gasteiger partial charge in [0.25, 0.3) is 0 Å². The fraction of sp³-hybridized carbons (Fsp3) is 0.455. The zero-order valence-electron chi connectivity index (χ0n) is 18.3. The Morgan fingerprint density at radius 3 is 2.91 bits per heavy atom. The number of anilines is 2. The molecule has 0 spiro atoms. The van der Waals surface area contributed by atoms with Crippen LogP contribution in [0.25, 0.3) is 16.6 Å². The first kappa shape index (κ1) is 20.2. The molecule has 3 aromatic heterocycles. The number of aromatic nitrogens is 6. The van der Waals surface area contributed by atoms with Gasteiger partial charge in [0.2, 0.25) is 5.95 Å². The van der Waals surface area contributed by atoms with Gasteiger partial charge in [0.05, 0.1) is 36.7 Å². The van der Waals surface area contributed by atoms with E-state index < -0.39 is 11.4 Å². The SMILES string of the molecule is COc1cc2nc(N)n3nc(C4CCN(c5cnn(CC6(O)CCC6)c5)C4)nc3c2cc1F. The molecule has 1 aromatic carbocycles. The van der Waals surface area contributed by atoms with Crippen molar-refractivity contribution in [1.82, 2.24) is 29.4 Å². The van der Waals surface area contributed by atoms with E-state index >= 15 is 0 Å². The molecular weight excluding hydrogens is 427 g/mol. The number of aliphatic hydroxyl groups is 1. The van der Waals surface area contributed by atoms with Crippen LogP contribution < -0.4 is 15.4 Å². The molecule has 0 amide bonds. The second-order valence-electron chi connectivity index (χ2n) is 9.08. The van der Waals surface area contributed by atoms with Crippen molar-refractivity contribution in [1.29, 1.82) is 0 Å². The van der Waals surface area contributed by atoms with Crippen LogP contribution in [0.5, 0.6) is 5.75 Å². The van der Waals surface area contributed by atoms with Crippen molar-refractivity contribution < 1.29 is 14.2 Å². The molecule has 1 unspecified atom stereocenters. The van der Waals surface area contributed by atoms with Gasteiger partial charge in [-0.3, -0.25) is 4.68 Å². The highest BCUT2D eigenvalue weighted by molar-refractivity contribution is 5.93. The highest BCUT2D eigenvalue weighted by Gasteiger charge is 2.35. The quantitative estimate of drug-likeness (QED) is 0.473. The van der Waals surface area contributed by atoms with Gasteiger partial charge in [-0.15, -0.1) is 5.10 Å². The second kappa shape index (κ2) is 7.27. The molecule has 4 heterocycles. The van der Waals surface area contributed by atoms with Crippen LogP contribution >= 0.6 is 0 Å². The summed E-state index contributed by atoms with van der Waals surface area (Å²) in [5.41, 5.74) is 7.52. The Bertz CT molecular complexity index is 1360. The average Bonchev–Trinajstić information content (AvgIpc) is 3.52. The number of hydrogen-bond acceptors (Lipinski definition) is 8. The molecule has 1 saturated carbocycles. The van der Waals surface area contributed by atoms with Crippen LogP contribution in [0.3, 0.4) is 0 Å². The summed E-state index contributed by atoms with van der Waals surface area (Å²) in [7, 11) is 1.41. The number of nitrogens with zero attached hydrogens (tertiary/aromatic N) is 7. The third kappa shape index (κ3) is 3.34. The number of nitrogens with two attached hydrogens (primary N) is 1. The zero-order valence-corrected chi connectivity index (χ0v) is 18.3. The second-order valence-corrected chi connectivity index (χ2v) is 9.08. The molecule has 4 aromatic rings. The summed E-state index contributed by atoms with van der Waals surface area (Å²) >= 11 is 0. The molecule has 10 nitrogen and oxygen atoms in total. The van der Waals surface area contributed by atoms with Gasteiger partial charge in [0.15, 0.2) is 23.0 Å². The maximum Gasteiger partial charge on any atom is 0.223 e. The normalized spacial score (nSPS) is 20.0. The van der Waals surface area contributed by atoms with Gasteiger partial charge in [-0.2, -0.15) is 9.61 Å². The van der Waals surface area contributed by atoms with E-state index in [9.17, 15) is 9.50 Å². The fourth-order valence-electron chi connectivity index (χ4n) is 4.83. The number of nitrogen functional groups attached to an aromatic ring is 1. The van der Waals surface area contributed by atoms with Crippen molar-refractivity contribution in [2.45, 2.75) is 43.7 Å². The number of rotatable bonds is 5. The summed E-state index contributed by atoms with van der Waals surface area (Å²) in [5.74, 6) is 0.566. The van der Waals surface area contributed by atoms with E-state index in [-0.39, 0.29) is 17.6 Å². The molecule has 172 valence electrons. The first-order chi connectivity index (χ1) is 15.9. The molecule has 1 atom stereocenters. The number of methoxy groups -OCH3 is 1. The summed E-state index contributed by atoms with van der Waals surface area (Å²) in [6.45, 7) is 2.11. The zero-order chi connectivity index (χ0) is 22.7. The predicted molar refractivity (Wildman–Crippen MR) is 120 cm³/mol. The van der Waals surface area contributed by atoms with E-state index in [2.05, 4.69) is 20.1 Å². The van der Waals surface area contributed by atoms with E-state index in [1.54, 1.807) is 0 Å². The minimum absolute atomic E-state index is 0.0987. The van der Waals surface area contributed by atoms with Crippen LogP contribution in [0.15, 0.2) is 24.5 Å². The van der Waals surface area contributed by atoms with Gasteiger partial charge in [-0.25, -0.2) is 14.4 Å². The first-order valence-electron chi connectivity index (χ1n) is 11.1. The lowest BCUT2D eigenvalue weighted by atomic mass is 9.80. The highest BCUT2D eigenvalue weighted by Crippen LogP contribution is 2.34. The van der Waals surface area contributed by atoms with E-state index in [0.717, 1.165) is 44.5 Å². The standard InChI is InChI=1S/C22H25FN8O2/c1-33-18-8-17-15(7-16(18)23)20-27-19(28-31(20)21(24)26-17)13-3-6-29(10-13)14-9-25-30(11-14)12-22(32)4-2-5-22/h7-9,11,13,32H,2-6,10,12H2,1H3,(H2,24,26). The molecule has 11 heteroatoms. The summed E-state index contributed by atoms with van der Waals surface area (Å²) in [5, 5.41) is 20.0. The maximum absolute atomic E-state index is 14.4. The average molecular weight is 452 g/mol. The molecule has 2 fully saturated rings. The molecule has 1 saturated heterocycles. The van der Waals surface area contributed by atoms with E-state index in [0.29, 0.717) is 28.9 Å². The smallest absolute Gasteiger partial charge is 0.223 e. The summed E-state index contributed by atoms with van der Waals surface area (Å²) in [4.78, 5) is 11.3. The number of fused-ring (bicyclic) bond motifs is 3. The summed E-state index contributed by atoms with van der Waals surface area (Å²) < 4.78 is 22.7. The lowest BCUT2D eigenvalue weighted by Crippen LogP contribution is -2.41. The Morgan fingerprint density at radius 2 is 2.15 bits per heavy atom. The molecule has 0 bridgehead atoms. The van der Waals surface area contributed by atoms with Crippen LogP contribution in [0.1, 0.15) is 37.4 Å². The van der Waals surface area contributed by atoms with E-state index in [4.69, 9.17) is 15.5 Å². The Labute approximate surface area is 188 Å². The highest BCUT2D eigenvalue weighted by atomic mass is 19.1. The lowest BCUT2D eigenvalue weighted by molar-refractivity contribution is -0.0498. The number of hydrogen-bond donors (Lipinski definition) is 2. The molecule has 3 N–H and O–H groups in total. The topological polar surface area (TPSA) is 120 Å². The fourth-order valence-corrected chi connectivity index (χ4v) is 4.83. The molecular formula is C22H25FN8O2. The summed E-state index contributed by atoms with van der Waals surface area (Å²) in [6.07, 6.45) is 7.43. The van der Waals surface area contributed by atoms with Crippen LogP contribution in [0, 0.1) is 5.82 Å². The van der Waals surface area contributed by atoms with Crippen molar-refractivity contribution in [3.8, 4) is 5.75 Å². The molecule has 1 aliphatic carbocycles. The van der Waals surface area contributed by atoms with Crippen LogP contribution in [-0.2, 0) is 6.54 Å². The Balaban J connectivity index is 1.27. The third-order valence-corrected chi connectivity index (χ3v) is 6.87. The first-order valence-corrected chi connectivity index (χ1v) is 11.1. The van der Waals surface area contributed by atoms with Crippen molar-refractivity contribution in [3.05, 3.63) is 36.2 Å². The van der Waals surface area contributed by atoms with Gasteiger partial charge < -0.3 is 20.5 Å². The monoisotopic (exact) mass is 452 g/mol. The Morgan fingerprint density at radius 1 is 1.30 bits per heavy atom. The van der Waals surface area contributed by atoms with E-state index in [1.165, 1.54) is 23.8 Å².